The fraction of sp³-hybridized carbons (Fsp3) is 0.278. The summed E-state index contributed by atoms with van der Waals surface area (Å²) in [4.78, 5) is 12.7. The molecule has 0 saturated heterocycles. The van der Waals surface area contributed by atoms with Gasteiger partial charge in [-0.1, -0.05) is 6.07 Å². The highest BCUT2D eigenvalue weighted by Gasteiger charge is 2.45. The summed E-state index contributed by atoms with van der Waals surface area (Å²) < 4.78 is 23.7. The molecule has 2 aromatic rings. The standard InChI is InChI=1S/C18H18FNO3/c1-22-11-4-6-17(23-2)14(8-11)18(21)13-9-12(13)10-3-5-15(19)16(20)7-10/h3-8,12-13H,9,20H2,1-2H3. The molecule has 5 heteroatoms. The summed E-state index contributed by atoms with van der Waals surface area (Å²) in [6.45, 7) is 0. The molecule has 0 spiro atoms. The Morgan fingerprint density at radius 2 is 1.96 bits per heavy atom. The number of nitrogens with two attached hydrogens (primary N) is 1. The number of ether oxygens (including phenoxy) is 2. The molecule has 0 aliphatic heterocycles. The first-order valence-corrected chi connectivity index (χ1v) is 7.36. The molecule has 0 amide bonds. The average Bonchev–Trinajstić information content (AvgIpc) is 3.36. The molecule has 2 atom stereocenters. The van der Waals surface area contributed by atoms with Crippen molar-refractivity contribution in [2.75, 3.05) is 20.0 Å². The number of nitrogen functional groups attached to an aromatic ring is 1. The summed E-state index contributed by atoms with van der Waals surface area (Å²) in [5.41, 5.74) is 7.12. The van der Waals surface area contributed by atoms with Gasteiger partial charge in [0.25, 0.3) is 0 Å². The Balaban J connectivity index is 1.84. The second-order valence-corrected chi connectivity index (χ2v) is 5.66. The smallest absolute Gasteiger partial charge is 0.170 e. The SMILES string of the molecule is COc1ccc(OC)c(C(=O)C2CC2c2ccc(F)c(N)c2)c1. The zero-order valence-corrected chi connectivity index (χ0v) is 13.0. The molecule has 0 heterocycles. The van der Waals surface area contributed by atoms with Crippen LogP contribution in [0.25, 0.3) is 0 Å². The lowest BCUT2D eigenvalue weighted by atomic mass is 10.0. The summed E-state index contributed by atoms with van der Waals surface area (Å²) in [5, 5.41) is 0. The average molecular weight is 315 g/mol. The molecule has 2 N–H and O–H groups in total. The van der Waals surface area contributed by atoms with E-state index in [0.717, 1.165) is 12.0 Å². The summed E-state index contributed by atoms with van der Waals surface area (Å²) in [6, 6.07) is 9.80. The minimum absolute atomic E-state index is 0.00801. The molecule has 2 unspecified atom stereocenters. The molecule has 0 aromatic heterocycles. The van der Waals surface area contributed by atoms with Gasteiger partial charge in [0.15, 0.2) is 5.78 Å². The van der Waals surface area contributed by atoms with Crippen molar-refractivity contribution in [2.45, 2.75) is 12.3 Å². The predicted molar refractivity (Wildman–Crippen MR) is 85.5 cm³/mol. The first-order chi connectivity index (χ1) is 11.0. The molecule has 2 aromatic carbocycles. The van der Waals surface area contributed by atoms with Crippen molar-refractivity contribution in [3.8, 4) is 11.5 Å². The van der Waals surface area contributed by atoms with Crippen LogP contribution in [0.5, 0.6) is 11.5 Å². The largest absolute Gasteiger partial charge is 0.497 e. The third-order valence-corrected chi connectivity index (χ3v) is 4.25. The molecule has 4 nitrogen and oxygen atoms in total. The Hall–Kier alpha value is -2.56. The number of benzene rings is 2. The van der Waals surface area contributed by atoms with E-state index in [1.165, 1.54) is 13.2 Å². The molecule has 0 bridgehead atoms. The van der Waals surface area contributed by atoms with Crippen molar-refractivity contribution in [3.05, 3.63) is 53.3 Å². The lowest BCUT2D eigenvalue weighted by molar-refractivity contribution is 0.0962. The van der Waals surface area contributed by atoms with E-state index in [1.54, 1.807) is 37.4 Å². The summed E-state index contributed by atoms with van der Waals surface area (Å²) >= 11 is 0. The van der Waals surface area contributed by atoms with E-state index in [0.29, 0.717) is 17.1 Å². The maximum absolute atomic E-state index is 13.3. The number of rotatable bonds is 5. The molecular formula is C18H18FNO3. The van der Waals surface area contributed by atoms with Crippen LogP contribution in [0.1, 0.15) is 28.3 Å². The van der Waals surface area contributed by atoms with Crippen LogP contribution >= 0.6 is 0 Å². The van der Waals surface area contributed by atoms with Crippen LogP contribution in [-0.2, 0) is 0 Å². The molecule has 23 heavy (non-hydrogen) atoms. The number of Topliss-reactive ketones (excluding diaryl/α,β-unsaturated/α-hetero) is 1. The molecule has 0 radical (unpaired) electrons. The molecule has 120 valence electrons. The number of halogens is 1. The summed E-state index contributed by atoms with van der Waals surface area (Å²) in [5.74, 6) is 0.639. The zero-order chi connectivity index (χ0) is 16.6. The van der Waals surface area contributed by atoms with Gasteiger partial charge in [-0.05, 0) is 48.2 Å². The maximum Gasteiger partial charge on any atom is 0.170 e. The van der Waals surface area contributed by atoms with E-state index in [-0.39, 0.29) is 23.3 Å². The molecular weight excluding hydrogens is 297 g/mol. The van der Waals surface area contributed by atoms with E-state index in [1.807, 2.05) is 0 Å². The van der Waals surface area contributed by atoms with Crippen LogP contribution in [0.2, 0.25) is 0 Å². The number of carbonyl (C=O) groups is 1. The summed E-state index contributed by atoms with van der Waals surface area (Å²) in [7, 11) is 3.08. The Kier molecular flexibility index (Phi) is 3.94. The highest BCUT2D eigenvalue weighted by molar-refractivity contribution is 6.03. The van der Waals surface area contributed by atoms with Crippen molar-refractivity contribution in [3.63, 3.8) is 0 Å². The van der Waals surface area contributed by atoms with Gasteiger partial charge in [-0.25, -0.2) is 4.39 Å². The van der Waals surface area contributed by atoms with Crippen LogP contribution in [-0.4, -0.2) is 20.0 Å². The molecule has 3 rings (SSSR count). The minimum atomic E-state index is -0.438. The van der Waals surface area contributed by atoms with Crippen molar-refractivity contribution in [2.24, 2.45) is 5.92 Å². The van der Waals surface area contributed by atoms with Crippen LogP contribution in [0, 0.1) is 11.7 Å². The third-order valence-electron chi connectivity index (χ3n) is 4.25. The Bertz CT molecular complexity index is 760. The fourth-order valence-electron chi connectivity index (χ4n) is 2.85. The van der Waals surface area contributed by atoms with E-state index in [2.05, 4.69) is 0 Å². The van der Waals surface area contributed by atoms with Gasteiger partial charge in [0.2, 0.25) is 0 Å². The molecule has 1 saturated carbocycles. The highest BCUT2D eigenvalue weighted by Crippen LogP contribution is 2.50. The van der Waals surface area contributed by atoms with Crippen LogP contribution in [0.15, 0.2) is 36.4 Å². The number of anilines is 1. The van der Waals surface area contributed by atoms with Gasteiger partial charge < -0.3 is 15.2 Å². The Labute approximate surface area is 134 Å². The topological polar surface area (TPSA) is 61.5 Å². The van der Waals surface area contributed by atoms with E-state index in [4.69, 9.17) is 15.2 Å². The minimum Gasteiger partial charge on any atom is -0.497 e. The lowest BCUT2D eigenvalue weighted by Crippen LogP contribution is -2.06. The van der Waals surface area contributed by atoms with Crippen LogP contribution < -0.4 is 15.2 Å². The number of hydrogen-bond donors (Lipinski definition) is 1. The van der Waals surface area contributed by atoms with Gasteiger partial charge in [-0.15, -0.1) is 0 Å². The zero-order valence-electron chi connectivity index (χ0n) is 13.0. The van der Waals surface area contributed by atoms with Gasteiger partial charge >= 0.3 is 0 Å². The predicted octanol–water partition coefficient (Wildman–Crippen LogP) is 3.41. The third kappa shape index (κ3) is 2.86. The van der Waals surface area contributed by atoms with Crippen molar-refractivity contribution in [1.29, 1.82) is 0 Å². The highest BCUT2D eigenvalue weighted by atomic mass is 19.1. The van der Waals surface area contributed by atoms with Gasteiger partial charge in [-0.3, -0.25) is 4.79 Å². The number of hydrogen-bond acceptors (Lipinski definition) is 4. The van der Waals surface area contributed by atoms with Crippen molar-refractivity contribution >= 4 is 11.5 Å². The number of carbonyl (C=O) groups excluding carboxylic acids is 1. The van der Waals surface area contributed by atoms with Gasteiger partial charge in [-0.2, -0.15) is 0 Å². The van der Waals surface area contributed by atoms with E-state index in [9.17, 15) is 9.18 Å². The normalized spacial score (nSPS) is 19.3. The first-order valence-electron chi connectivity index (χ1n) is 7.36. The van der Waals surface area contributed by atoms with Gasteiger partial charge in [0.1, 0.15) is 17.3 Å². The van der Waals surface area contributed by atoms with Crippen LogP contribution in [0.3, 0.4) is 0 Å². The maximum atomic E-state index is 13.3. The summed E-state index contributed by atoms with van der Waals surface area (Å²) in [6.07, 6.45) is 0.726. The second kappa shape index (κ2) is 5.91. The number of methoxy groups -OCH3 is 2. The Morgan fingerprint density at radius 1 is 1.17 bits per heavy atom. The second-order valence-electron chi connectivity index (χ2n) is 5.66. The van der Waals surface area contributed by atoms with Crippen LogP contribution in [0.4, 0.5) is 10.1 Å². The molecule has 1 aliphatic rings. The van der Waals surface area contributed by atoms with Gasteiger partial charge in [0, 0.05) is 5.92 Å². The van der Waals surface area contributed by atoms with Crippen molar-refractivity contribution in [1.82, 2.24) is 0 Å². The lowest BCUT2D eigenvalue weighted by Gasteiger charge is -2.10. The fourth-order valence-corrected chi connectivity index (χ4v) is 2.85. The quantitative estimate of drug-likeness (QED) is 0.678. The first kappa shape index (κ1) is 15.3. The van der Waals surface area contributed by atoms with Crippen molar-refractivity contribution < 1.29 is 18.7 Å². The monoisotopic (exact) mass is 315 g/mol. The van der Waals surface area contributed by atoms with E-state index < -0.39 is 5.82 Å². The Morgan fingerprint density at radius 3 is 2.61 bits per heavy atom. The molecule has 1 aliphatic carbocycles. The van der Waals surface area contributed by atoms with Gasteiger partial charge in [0.05, 0.1) is 25.5 Å². The van der Waals surface area contributed by atoms with E-state index >= 15 is 0 Å². The number of ketones is 1. The molecule has 1 fully saturated rings.